The maximum Gasteiger partial charge on any atom is 0.271 e. The van der Waals surface area contributed by atoms with Gasteiger partial charge in [0.15, 0.2) is 0 Å². The second-order valence-corrected chi connectivity index (χ2v) is 9.71. The van der Waals surface area contributed by atoms with Crippen LogP contribution in [0.15, 0.2) is 107 Å². The molecular weight excluding hydrogens is 592 g/mol. The highest BCUT2D eigenvalue weighted by Gasteiger charge is 2.31. The predicted octanol–water partition coefficient (Wildman–Crippen LogP) is 4.39. The number of nitrogens with one attached hydrogen (secondary N) is 2. The van der Waals surface area contributed by atoms with Crippen LogP contribution in [0.4, 0.5) is 0 Å². The first-order chi connectivity index (χ1) is 22.5. The van der Waals surface area contributed by atoms with E-state index in [1.54, 1.807) is 87.0 Å². The minimum Gasteiger partial charge on any atom is -0.497 e. The van der Waals surface area contributed by atoms with Gasteiger partial charge in [-0.1, -0.05) is 0 Å². The fourth-order valence-corrected chi connectivity index (χ4v) is 4.14. The molecule has 2 amide bonds. The van der Waals surface area contributed by atoms with Crippen LogP contribution in [0.1, 0.15) is 31.8 Å². The minimum absolute atomic E-state index is 0.313. The number of hydrogen-bond donors (Lipinski definition) is 2. The van der Waals surface area contributed by atoms with Crippen molar-refractivity contribution in [2.75, 3.05) is 27.4 Å². The van der Waals surface area contributed by atoms with E-state index >= 15 is 0 Å². The van der Waals surface area contributed by atoms with Gasteiger partial charge in [-0.15, -0.1) is 0 Å². The third-order valence-electron chi connectivity index (χ3n) is 6.60. The second-order valence-electron chi connectivity index (χ2n) is 9.71. The molecule has 0 bridgehead atoms. The number of rotatable bonds is 12. The summed E-state index contributed by atoms with van der Waals surface area (Å²) in [5.74, 6) is 1.60. The van der Waals surface area contributed by atoms with Crippen molar-refractivity contribution in [3.05, 3.63) is 119 Å². The SMILES string of the molecule is COc1ccc(/C=N\NC(=O)c2ccc(O[C@@H]3OCCO[C@H]3Oc3ccc(C(=O)N/N=C\c4ccc(OC)cc4)cc3)cc2)cc1. The molecule has 0 radical (unpaired) electrons. The van der Waals surface area contributed by atoms with Gasteiger partial charge in [-0.3, -0.25) is 9.59 Å². The third kappa shape index (κ3) is 8.91. The van der Waals surface area contributed by atoms with Crippen LogP contribution in [0.25, 0.3) is 0 Å². The molecule has 46 heavy (non-hydrogen) atoms. The van der Waals surface area contributed by atoms with Gasteiger partial charge in [0.1, 0.15) is 23.0 Å². The van der Waals surface area contributed by atoms with Crippen LogP contribution in [0.3, 0.4) is 0 Å². The zero-order chi connectivity index (χ0) is 32.1. The highest BCUT2D eigenvalue weighted by molar-refractivity contribution is 5.95. The number of amides is 2. The summed E-state index contributed by atoms with van der Waals surface area (Å²) in [5.41, 5.74) is 7.40. The van der Waals surface area contributed by atoms with Crippen molar-refractivity contribution in [1.82, 2.24) is 10.9 Å². The Morgan fingerprint density at radius 3 is 1.28 bits per heavy atom. The summed E-state index contributed by atoms with van der Waals surface area (Å²) in [7, 11) is 3.19. The lowest BCUT2D eigenvalue weighted by atomic mass is 10.2. The van der Waals surface area contributed by atoms with Gasteiger partial charge < -0.3 is 28.4 Å². The quantitative estimate of drug-likeness (QED) is 0.175. The molecule has 12 nitrogen and oxygen atoms in total. The summed E-state index contributed by atoms with van der Waals surface area (Å²) in [6, 6.07) is 27.5. The van der Waals surface area contributed by atoms with E-state index in [9.17, 15) is 9.59 Å². The molecule has 1 fully saturated rings. The maximum atomic E-state index is 12.5. The number of hydrogen-bond acceptors (Lipinski definition) is 10. The number of hydrazone groups is 2. The van der Waals surface area contributed by atoms with Crippen molar-refractivity contribution in [2.45, 2.75) is 12.6 Å². The highest BCUT2D eigenvalue weighted by Crippen LogP contribution is 2.22. The van der Waals surface area contributed by atoms with E-state index in [0.29, 0.717) is 35.8 Å². The van der Waals surface area contributed by atoms with Crippen LogP contribution >= 0.6 is 0 Å². The molecule has 0 aliphatic carbocycles. The lowest BCUT2D eigenvalue weighted by Crippen LogP contribution is -2.45. The lowest BCUT2D eigenvalue weighted by molar-refractivity contribution is -0.271. The summed E-state index contributed by atoms with van der Waals surface area (Å²) in [5, 5.41) is 8.00. The van der Waals surface area contributed by atoms with Crippen molar-refractivity contribution < 1.29 is 38.0 Å². The summed E-state index contributed by atoms with van der Waals surface area (Å²) in [6.07, 6.45) is 1.32. The summed E-state index contributed by atoms with van der Waals surface area (Å²) < 4.78 is 33.7. The Labute approximate surface area is 265 Å². The van der Waals surface area contributed by atoms with Crippen LogP contribution in [0.2, 0.25) is 0 Å². The molecule has 1 aliphatic heterocycles. The summed E-state index contributed by atoms with van der Waals surface area (Å²) in [6.45, 7) is 0.626. The summed E-state index contributed by atoms with van der Waals surface area (Å²) in [4.78, 5) is 25.0. The van der Waals surface area contributed by atoms with Gasteiger partial charge in [0, 0.05) is 11.1 Å². The Morgan fingerprint density at radius 2 is 0.935 bits per heavy atom. The molecule has 0 aromatic heterocycles. The smallest absolute Gasteiger partial charge is 0.271 e. The minimum atomic E-state index is -0.877. The van der Waals surface area contributed by atoms with Crippen LogP contribution < -0.4 is 29.8 Å². The molecule has 1 aliphatic rings. The molecule has 2 atom stereocenters. The van der Waals surface area contributed by atoms with Gasteiger partial charge in [-0.05, 0) is 108 Å². The Bertz CT molecular complexity index is 1520. The first-order valence-corrected chi connectivity index (χ1v) is 14.2. The largest absolute Gasteiger partial charge is 0.497 e. The molecule has 1 saturated heterocycles. The van der Waals surface area contributed by atoms with E-state index in [-0.39, 0.29) is 11.8 Å². The molecule has 236 valence electrons. The molecule has 4 aromatic carbocycles. The van der Waals surface area contributed by atoms with Crippen molar-refractivity contribution >= 4 is 24.2 Å². The van der Waals surface area contributed by atoms with Crippen molar-refractivity contribution in [2.24, 2.45) is 10.2 Å². The zero-order valence-corrected chi connectivity index (χ0v) is 25.1. The zero-order valence-electron chi connectivity index (χ0n) is 25.1. The fraction of sp³-hybridized carbons (Fsp3) is 0.176. The predicted molar refractivity (Wildman–Crippen MR) is 170 cm³/mol. The molecule has 1 heterocycles. The molecular formula is C34H32N4O8. The normalized spacial score (nSPS) is 16.1. The van der Waals surface area contributed by atoms with E-state index in [2.05, 4.69) is 21.1 Å². The molecule has 5 rings (SSSR count). The van der Waals surface area contributed by atoms with Gasteiger partial charge in [0.05, 0.1) is 39.9 Å². The first-order valence-electron chi connectivity index (χ1n) is 14.2. The van der Waals surface area contributed by atoms with Gasteiger partial charge in [-0.25, -0.2) is 10.9 Å². The Morgan fingerprint density at radius 1 is 0.587 bits per heavy atom. The van der Waals surface area contributed by atoms with Crippen molar-refractivity contribution in [3.63, 3.8) is 0 Å². The van der Waals surface area contributed by atoms with Crippen LogP contribution in [-0.2, 0) is 9.47 Å². The van der Waals surface area contributed by atoms with Crippen LogP contribution in [0.5, 0.6) is 23.0 Å². The van der Waals surface area contributed by atoms with Crippen molar-refractivity contribution in [1.29, 1.82) is 0 Å². The van der Waals surface area contributed by atoms with Gasteiger partial charge in [-0.2, -0.15) is 10.2 Å². The fourth-order valence-electron chi connectivity index (χ4n) is 4.14. The number of carbonyl (C=O) groups excluding carboxylic acids is 2. The van der Waals surface area contributed by atoms with Gasteiger partial charge in [0.2, 0.25) is 0 Å². The number of ether oxygens (including phenoxy) is 6. The molecule has 12 heteroatoms. The first kappa shape index (κ1) is 31.7. The average molecular weight is 625 g/mol. The lowest BCUT2D eigenvalue weighted by Gasteiger charge is -2.31. The standard InChI is InChI=1S/C34H32N4O8/c1-41-27-11-3-23(4-12-27)21-35-37-31(39)25-7-15-29(16-8-25)45-33-34(44-20-19-43-33)46-30-17-9-26(10-18-30)32(40)38-36-22-24-5-13-28(42-2)14-6-24/h3-18,21-22,33-34H,19-20H2,1-2H3,(H,37,39)(H,38,40)/b35-21-,36-22-/t33-,34-/m0/s1. The average Bonchev–Trinajstić information content (AvgIpc) is 3.10. The molecule has 0 spiro atoms. The van der Waals surface area contributed by atoms with Crippen LogP contribution in [-0.4, -0.2) is 64.3 Å². The van der Waals surface area contributed by atoms with Crippen molar-refractivity contribution in [3.8, 4) is 23.0 Å². The molecule has 0 saturated carbocycles. The van der Waals surface area contributed by atoms with Gasteiger partial charge in [0.25, 0.3) is 24.4 Å². The number of benzene rings is 4. The van der Waals surface area contributed by atoms with Gasteiger partial charge >= 0.3 is 0 Å². The number of methoxy groups -OCH3 is 2. The van der Waals surface area contributed by atoms with E-state index in [1.165, 1.54) is 12.4 Å². The topological polar surface area (TPSA) is 138 Å². The second kappa shape index (κ2) is 15.8. The Kier molecular flexibility index (Phi) is 10.9. The number of nitrogens with zero attached hydrogens (tertiary/aromatic N) is 2. The van der Waals surface area contributed by atoms with E-state index in [4.69, 9.17) is 28.4 Å². The van der Waals surface area contributed by atoms with Crippen LogP contribution in [0, 0.1) is 0 Å². The van der Waals surface area contributed by atoms with E-state index in [0.717, 1.165) is 22.6 Å². The van der Waals surface area contributed by atoms with E-state index < -0.39 is 12.6 Å². The van der Waals surface area contributed by atoms with E-state index in [1.807, 2.05) is 24.3 Å². The maximum absolute atomic E-state index is 12.5. The third-order valence-corrected chi connectivity index (χ3v) is 6.60. The number of carbonyl (C=O) groups is 2. The molecule has 2 N–H and O–H groups in total. The molecule has 0 unspecified atom stereocenters. The Hall–Kier alpha value is -5.72. The Balaban J connectivity index is 1.11. The highest BCUT2D eigenvalue weighted by atomic mass is 16.8. The molecule has 4 aromatic rings. The summed E-state index contributed by atoms with van der Waals surface area (Å²) >= 11 is 0. The monoisotopic (exact) mass is 624 g/mol.